The van der Waals surface area contributed by atoms with Gasteiger partial charge in [0.05, 0.1) is 5.75 Å². The zero-order valence-corrected chi connectivity index (χ0v) is 11.0. The molecule has 7 heteroatoms. The van der Waals surface area contributed by atoms with Gasteiger partial charge in [-0.1, -0.05) is 0 Å². The Morgan fingerprint density at radius 2 is 2.00 bits per heavy atom. The number of thioether (sulfide) groups is 1. The van der Waals surface area contributed by atoms with Crippen molar-refractivity contribution < 1.29 is 13.5 Å². The molecule has 0 spiro atoms. The summed E-state index contributed by atoms with van der Waals surface area (Å²) in [5.74, 6) is 2.06. The van der Waals surface area contributed by atoms with Gasteiger partial charge in [-0.15, -0.1) is 11.6 Å². The molecule has 2 N–H and O–H groups in total. The van der Waals surface area contributed by atoms with Crippen molar-refractivity contribution in [1.29, 1.82) is 0 Å². The molecule has 0 radical (unpaired) electrons. The van der Waals surface area contributed by atoms with Crippen molar-refractivity contribution in [1.82, 2.24) is 4.72 Å². The Balaban J connectivity index is 3.41. The second-order valence-corrected chi connectivity index (χ2v) is 6.47. The van der Waals surface area contributed by atoms with E-state index < -0.39 is 10.0 Å². The molecule has 0 atom stereocenters. The zero-order chi connectivity index (χ0) is 11.6. The molecule has 0 aliphatic rings. The van der Waals surface area contributed by atoms with Crippen molar-refractivity contribution in [3.05, 3.63) is 0 Å². The molecular formula is C8H18ClNO3S2. The number of hydrogen-bond donors (Lipinski definition) is 2. The van der Waals surface area contributed by atoms with Crippen molar-refractivity contribution in [3.8, 4) is 0 Å². The first-order chi connectivity index (χ1) is 7.12. The summed E-state index contributed by atoms with van der Waals surface area (Å²) in [7, 11) is -3.13. The normalized spacial score (nSPS) is 11.9. The number of halogens is 1. The van der Waals surface area contributed by atoms with Crippen LogP contribution in [0.1, 0.15) is 12.8 Å². The van der Waals surface area contributed by atoms with Gasteiger partial charge in [0.2, 0.25) is 10.0 Å². The summed E-state index contributed by atoms with van der Waals surface area (Å²) in [4.78, 5) is 0. The van der Waals surface area contributed by atoms with Crippen molar-refractivity contribution in [2.75, 3.05) is 36.3 Å². The monoisotopic (exact) mass is 275 g/mol. The standard InChI is InChI=1S/C8H18ClNO3S2/c9-3-1-8-15(12,13)10-4-7-14-6-2-5-11/h10-11H,1-8H2. The second kappa shape index (κ2) is 9.72. The summed E-state index contributed by atoms with van der Waals surface area (Å²) < 4.78 is 25.0. The molecule has 0 aromatic carbocycles. The maximum absolute atomic E-state index is 11.3. The molecule has 0 saturated heterocycles. The zero-order valence-electron chi connectivity index (χ0n) is 8.62. The van der Waals surface area contributed by atoms with Gasteiger partial charge in [-0.25, -0.2) is 13.1 Å². The van der Waals surface area contributed by atoms with Crippen LogP contribution in [0.15, 0.2) is 0 Å². The molecule has 0 saturated carbocycles. The van der Waals surface area contributed by atoms with Crippen LogP contribution in [0.2, 0.25) is 0 Å². The summed E-state index contributed by atoms with van der Waals surface area (Å²) in [5, 5.41) is 8.51. The Bertz CT molecular complexity index is 234. The Morgan fingerprint density at radius 1 is 1.27 bits per heavy atom. The average molecular weight is 276 g/mol. The first kappa shape index (κ1) is 15.5. The van der Waals surface area contributed by atoms with Crippen LogP contribution in [0.5, 0.6) is 0 Å². The highest BCUT2D eigenvalue weighted by atomic mass is 35.5. The number of aliphatic hydroxyl groups excluding tert-OH is 1. The second-order valence-electron chi connectivity index (χ2n) is 2.95. The molecule has 0 aliphatic carbocycles. The third-order valence-corrected chi connectivity index (χ3v) is 4.37. The fourth-order valence-corrected chi connectivity index (χ4v) is 3.14. The lowest BCUT2D eigenvalue weighted by molar-refractivity contribution is 0.296. The molecule has 4 nitrogen and oxygen atoms in total. The number of nitrogens with one attached hydrogen (secondary N) is 1. The molecule has 0 aromatic rings. The van der Waals surface area contributed by atoms with E-state index in [-0.39, 0.29) is 12.4 Å². The highest BCUT2D eigenvalue weighted by Gasteiger charge is 2.07. The lowest BCUT2D eigenvalue weighted by atomic mass is 10.5. The van der Waals surface area contributed by atoms with Gasteiger partial charge in [0, 0.05) is 24.8 Å². The minimum absolute atomic E-state index is 0.0950. The molecule has 92 valence electrons. The predicted octanol–water partition coefficient (Wildman–Crippen LogP) is 0.650. The van der Waals surface area contributed by atoms with Gasteiger partial charge >= 0.3 is 0 Å². The van der Waals surface area contributed by atoms with Crippen molar-refractivity contribution in [2.24, 2.45) is 0 Å². The quantitative estimate of drug-likeness (QED) is 0.454. The van der Waals surface area contributed by atoms with Gasteiger partial charge in [0.15, 0.2) is 0 Å². The summed E-state index contributed by atoms with van der Waals surface area (Å²) in [6.07, 6.45) is 1.23. The third-order valence-electron chi connectivity index (χ3n) is 1.56. The lowest BCUT2D eigenvalue weighted by Gasteiger charge is -2.05. The van der Waals surface area contributed by atoms with Crippen molar-refractivity contribution in [2.45, 2.75) is 12.8 Å². The Morgan fingerprint density at radius 3 is 2.60 bits per heavy atom. The van der Waals surface area contributed by atoms with Gasteiger partial charge in [-0.05, 0) is 18.6 Å². The minimum Gasteiger partial charge on any atom is -0.396 e. The van der Waals surface area contributed by atoms with Gasteiger partial charge in [-0.2, -0.15) is 11.8 Å². The number of rotatable bonds is 10. The van der Waals surface area contributed by atoms with Crippen LogP contribution in [-0.4, -0.2) is 49.8 Å². The largest absolute Gasteiger partial charge is 0.396 e. The molecule has 0 rings (SSSR count). The third kappa shape index (κ3) is 10.8. The summed E-state index contributed by atoms with van der Waals surface area (Å²) in [6, 6.07) is 0. The first-order valence-electron chi connectivity index (χ1n) is 4.84. The molecule has 0 aliphatic heterocycles. The van der Waals surface area contributed by atoms with Crippen LogP contribution < -0.4 is 4.72 Å². The van der Waals surface area contributed by atoms with E-state index in [0.29, 0.717) is 18.8 Å². The Kier molecular flexibility index (Phi) is 10.0. The molecular weight excluding hydrogens is 258 g/mol. The maximum atomic E-state index is 11.3. The summed E-state index contributed by atoms with van der Waals surface area (Å²) in [6.45, 7) is 0.634. The molecule has 0 amide bonds. The highest BCUT2D eigenvalue weighted by molar-refractivity contribution is 7.99. The topological polar surface area (TPSA) is 66.4 Å². The van der Waals surface area contributed by atoms with E-state index in [1.807, 2.05) is 0 Å². The van der Waals surface area contributed by atoms with E-state index in [4.69, 9.17) is 16.7 Å². The van der Waals surface area contributed by atoms with E-state index >= 15 is 0 Å². The average Bonchev–Trinajstić information content (AvgIpc) is 2.20. The first-order valence-corrected chi connectivity index (χ1v) is 8.18. The smallest absolute Gasteiger partial charge is 0.211 e. The summed E-state index contributed by atoms with van der Waals surface area (Å²) >= 11 is 7.04. The van der Waals surface area contributed by atoms with E-state index in [0.717, 1.165) is 17.9 Å². The van der Waals surface area contributed by atoms with Gasteiger partial charge in [0.25, 0.3) is 0 Å². The van der Waals surface area contributed by atoms with Crippen LogP contribution in [-0.2, 0) is 10.0 Å². The molecule has 0 bridgehead atoms. The number of aliphatic hydroxyl groups is 1. The minimum atomic E-state index is -3.13. The fourth-order valence-electron chi connectivity index (χ4n) is 0.855. The number of sulfonamides is 1. The van der Waals surface area contributed by atoms with E-state index in [2.05, 4.69) is 4.72 Å². The molecule has 0 heterocycles. The van der Waals surface area contributed by atoms with E-state index in [1.54, 1.807) is 11.8 Å². The molecule has 0 fully saturated rings. The predicted molar refractivity (Wildman–Crippen MR) is 66.2 cm³/mol. The van der Waals surface area contributed by atoms with Crippen molar-refractivity contribution in [3.63, 3.8) is 0 Å². The SMILES string of the molecule is O=S(=O)(CCCCl)NCCSCCCO. The van der Waals surface area contributed by atoms with Crippen LogP contribution in [0.3, 0.4) is 0 Å². The lowest BCUT2D eigenvalue weighted by Crippen LogP contribution is -2.28. The Hall–Kier alpha value is 0.510. The van der Waals surface area contributed by atoms with Gasteiger partial charge < -0.3 is 5.11 Å². The number of hydrogen-bond acceptors (Lipinski definition) is 4. The fraction of sp³-hybridized carbons (Fsp3) is 1.00. The molecule has 0 unspecified atom stereocenters. The molecule has 15 heavy (non-hydrogen) atoms. The van der Waals surface area contributed by atoms with E-state index in [1.165, 1.54) is 0 Å². The van der Waals surface area contributed by atoms with Crippen molar-refractivity contribution >= 4 is 33.4 Å². The summed E-state index contributed by atoms with van der Waals surface area (Å²) in [5.41, 5.74) is 0. The number of alkyl halides is 1. The van der Waals surface area contributed by atoms with Crippen LogP contribution in [0, 0.1) is 0 Å². The maximum Gasteiger partial charge on any atom is 0.211 e. The van der Waals surface area contributed by atoms with Gasteiger partial charge in [-0.3, -0.25) is 0 Å². The van der Waals surface area contributed by atoms with Crippen LogP contribution in [0.25, 0.3) is 0 Å². The highest BCUT2D eigenvalue weighted by Crippen LogP contribution is 2.00. The molecule has 0 aromatic heterocycles. The van der Waals surface area contributed by atoms with Crippen LogP contribution in [0.4, 0.5) is 0 Å². The Labute approximate surface area is 101 Å². The van der Waals surface area contributed by atoms with E-state index in [9.17, 15) is 8.42 Å². The van der Waals surface area contributed by atoms with Gasteiger partial charge in [0.1, 0.15) is 0 Å². The van der Waals surface area contributed by atoms with Crippen LogP contribution >= 0.6 is 23.4 Å².